The van der Waals surface area contributed by atoms with E-state index >= 15 is 0 Å². The molecule has 1 heterocycles. The molecule has 0 fully saturated rings. The number of fused-ring (bicyclic) bond motifs is 1. The Morgan fingerprint density at radius 1 is 1.33 bits per heavy atom. The maximum Gasteiger partial charge on any atom is 0.142 e. The largest absolute Gasteiger partial charge is 0.492 e. The van der Waals surface area contributed by atoms with Crippen molar-refractivity contribution in [1.82, 2.24) is 5.32 Å². The Balaban J connectivity index is 1.76. The molecule has 2 aromatic carbocycles. The summed E-state index contributed by atoms with van der Waals surface area (Å²) in [7, 11) is 0. The third kappa shape index (κ3) is 3.23. The summed E-state index contributed by atoms with van der Waals surface area (Å²) >= 11 is 9.41. The Morgan fingerprint density at radius 3 is 3.00 bits per heavy atom. The van der Waals surface area contributed by atoms with Crippen LogP contribution in [-0.2, 0) is 6.54 Å². The number of benzene rings is 2. The highest BCUT2D eigenvalue weighted by Crippen LogP contribution is 2.37. The van der Waals surface area contributed by atoms with Gasteiger partial charge < -0.3 is 10.1 Å². The first-order valence-corrected chi connectivity index (χ1v) is 7.91. The molecule has 1 N–H and O–H groups in total. The van der Waals surface area contributed by atoms with Crippen LogP contribution in [0.15, 0.2) is 40.9 Å². The van der Waals surface area contributed by atoms with E-state index in [1.807, 2.05) is 24.3 Å². The standard InChI is InChI=1S/C16H14BrClFNO/c17-11-5-4-10(14(19)8-11)9-20-15-6-7-21-16-12(15)2-1-3-13(16)18/h1-5,8,15,20H,6-7,9H2. The third-order valence-corrected chi connectivity index (χ3v) is 4.37. The van der Waals surface area contributed by atoms with E-state index in [0.29, 0.717) is 23.7 Å². The zero-order valence-electron chi connectivity index (χ0n) is 11.2. The first-order chi connectivity index (χ1) is 10.1. The molecule has 0 radical (unpaired) electrons. The van der Waals surface area contributed by atoms with Gasteiger partial charge >= 0.3 is 0 Å². The van der Waals surface area contributed by atoms with Gasteiger partial charge in [-0.05, 0) is 18.2 Å². The van der Waals surface area contributed by atoms with Gasteiger partial charge in [-0.1, -0.05) is 45.7 Å². The molecule has 1 unspecified atom stereocenters. The van der Waals surface area contributed by atoms with Crippen molar-refractivity contribution in [1.29, 1.82) is 0 Å². The first-order valence-electron chi connectivity index (χ1n) is 6.73. The summed E-state index contributed by atoms with van der Waals surface area (Å²) in [4.78, 5) is 0. The highest BCUT2D eigenvalue weighted by molar-refractivity contribution is 9.10. The number of hydrogen-bond donors (Lipinski definition) is 1. The van der Waals surface area contributed by atoms with Crippen molar-refractivity contribution < 1.29 is 9.13 Å². The quantitative estimate of drug-likeness (QED) is 0.833. The van der Waals surface area contributed by atoms with Crippen molar-refractivity contribution in [2.24, 2.45) is 0 Å². The van der Waals surface area contributed by atoms with Crippen molar-refractivity contribution in [2.75, 3.05) is 6.61 Å². The average molecular weight is 371 g/mol. The normalized spacial score (nSPS) is 17.2. The molecule has 21 heavy (non-hydrogen) atoms. The van der Waals surface area contributed by atoms with Gasteiger partial charge in [-0.15, -0.1) is 0 Å². The molecular formula is C16H14BrClFNO. The molecule has 0 aliphatic carbocycles. The van der Waals surface area contributed by atoms with Crippen LogP contribution in [0.4, 0.5) is 4.39 Å². The van der Waals surface area contributed by atoms with Crippen LogP contribution in [0.5, 0.6) is 5.75 Å². The predicted octanol–water partition coefficient (Wildman–Crippen LogP) is 4.86. The Labute approximate surface area is 136 Å². The number of ether oxygens (including phenoxy) is 1. The van der Waals surface area contributed by atoms with Crippen molar-refractivity contribution in [2.45, 2.75) is 19.0 Å². The molecule has 0 saturated heterocycles. The summed E-state index contributed by atoms with van der Waals surface area (Å²) in [5.41, 5.74) is 1.68. The molecular weight excluding hydrogens is 357 g/mol. The lowest BCUT2D eigenvalue weighted by molar-refractivity contribution is 0.252. The molecule has 1 atom stereocenters. The van der Waals surface area contributed by atoms with Crippen LogP contribution in [0, 0.1) is 5.82 Å². The SMILES string of the molecule is Fc1cc(Br)ccc1CNC1CCOc2c(Cl)cccc21. The van der Waals surface area contributed by atoms with Gasteiger partial charge in [-0.3, -0.25) is 0 Å². The van der Waals surface area contributed by atoms with Gasteiger partial charge in [0, 0.05) is 34.6 Å². The lowest BCUT2D eigenvalue weighted by Gasteiger charge is -2.27. The van der Waals surface area contributed by atoms with Crippen molar-refractivity contribution in [3.8, 4) is 5.75 Å². The number of rotatable bonds is 3. The molecule has 5 heteroatoms. The van der Waals surface area contributed by atoms with Crippen molar-refractivity contribution >= 4 is 27.5 Å². The highest BCUT2D eigenvalue weighted by Gasteiger charge is 2.23. The molecule has 1 aliphatic rings. The van der Waals surface area contributed by atoms with E-state index < -0.39 is 0 Å². The lowest BCUT2D eigenvalue weighted by atomic mass is 10.00. The third-order valence-electron chi connectivity index (χ3n) is 3.58. The summed E-state index contributed by atoms with van der Waals surface area (Å²) in [5.74, 6) is 0.523. The molecule has 1 aliphatic heterocycles. The second-order valence-corrected chi connectivity index (χ2v) is 6.29. The van der Waals surface area contributed by atoms with Crippen LogP contribution in [-0.4, -0.2) is 6.61 Å². The second kappa shape index (κ2) is 6.34. The van der Waals surface area contributed by atoms with Crippen LogP contribution in [0.3, 0.4) is 0 Å². The van der Waals surface area contributed by atoms with E-state index in [-0.39, 0.29) is 11.9 Å². The minimum Gasteiger partial charge on any atom is -0.492 e. The fraction of sp³-hybridized carbons (Fsp3) is 0.250. The van der Waals surface area contributed by atoms with Crippen LogP contribution in [0.25, 0.3) is 0 Å². The molecule has 3 rings (SSSR count). The van der Waals surface area contributed by atoms with E-state index in [1.165, 1.54) is 6.07 Å². The van der Waals surface area contributed by atoms with Gasteiger partial charge in [0.2, 0.25) is 0 Å². The molecule has 2 aromatic rings. The molecule has 0 spiro atoms. The number of hydrogen-bond acceptors (Lipinski definition) is 2. The number of halogens is 3. The Hall–Kier alpha value is -1.10. The summed E-state index contributed by atoms with van der Waals surface area (Å²) < 4.78 is 20.2. The van der Waals surface area contributed by atoms with E-state index in [4.69, 9.17) is 16.3 Å². The molecule has 0 saturated carbocycles. The van der Waals surface area contributed by atoms with E-state index in [9.17, 15) is 4.39 Å². The summed E-state index contributed by atoms with van der Waals surface area (Å²) in [5, 5.41) is 4.01. The van der Waals surface area contributed by atoms with Crippen LogP contribution >= 0.6 is 27.5 Å². The van der Waals surface area contributed by atoms with Crippen molar-refractivity contribution in [3.05, 3.63) is 62.8 Å². The van der Waals surface area contributed by atoms with Gasteiger partial charge in [0.05, 0.1) is 11.6 Å². The number of nitrogens with one attached hydrogen (secondary N) is 1. The Kier molecular flexibility index (Phi) is 4.48. The van der Waals surface area contributed by atoms with E-state index in [0.717, 1.165) is 22.2 Å². The van der Waals surface area contributed by atoms with Crippen molar-refractivity contribution in [3.63, 3.8) is 0 Å². The fourth-order valence-corrected chi connectivity index (χ4v) is 3.07. The smallest absolute Gasteiger partial charge is 0.142 e. The maximum absolute atomic E-state index is 13.8. The minimum absolute atomic E-state index is 0.121. The zero-order chi connectivity index (χ0) is 14.8. The summed E-state index contributed by atoms with van der Waals surface area (Å²) in [6.07, 6.45) is 0.839. The second-order valence-electron chi connectivity index (χ2n) is 4.96. The number of para-hydroxylation sites is 1. The van der Waals surface area contributed by atoms with Crippen LogP contribution in [0.1, 0.15) is 23.6 Å². The van der Waals surface area contributed by atoms with Gasteiger partial charge in [0.15, 0.2) is 0 Å². The minimum atomic E-state index is -0.213. The molecule has 0 bridgehead atoms. The molecule has 110 valence electrons. The van der Waals surface area contributed by atoms with Gasteiger partial charge in [0.1, 0.15) is 11.6 Å². The molecule has 0 amide bonds. The van der Waals surface area contributed by atoms with Crippen LogP contribution < -0.4 is 10.1 Å². The predicted molar refractivity (Wildman–Crippen MR) is 85.2 cm³/mol. The average Bonchev–Trinajstić information content (AvgIpc) is 2.47. The Morgan fingerprint density at radius 2 is 2.19 bits per heavy atom. The van der Waals surface area contributed by atoms with Gasteiger partial charge in [0.25, 0.3) is 0 Å². The summed E-state index contributed by atoms with van der Waals surface area (Å²) in [6.45, 7) is 1.08. The topological polar surface area (TPSA) is 21.3 Å². The lowest BCUT2D eigenvalue weighted by Crippen LogP contribution is -2.27. The first kappa shape index (κ1) is 14.8. The van der Waals surface area contributed by atoms with Gasteiger partial charge in [-0.2, -0.15) is 0 Å². The molecule has 2 nitrogen and oxygen atoms in total. The monoisotopic (exact) mass is 369 g/mol. The van der Waals surface area contributed by atoms with Crippen LogP contribution in [0.2, 0.25) is 5.02 Å². The molecule has 0 aromatic heterocycles. The summed E-state index contributed by atoms with van der Waals surface area (Å²) in [6, 6.07) is 10.9. The van der Waals surface area contributed by atoms with E-state index in [2.05, 4.69) is 21.2 Å². The van der Waals surface area contributed by atoms with Gasteiger partial charge in [-0.25, -0.2) is 4.39 Å². The fourth-order valence-electron chi connectivity index (χ4n) is 2.50. The zero-order valence-corrected chi connectivity index (χ0v) is 13.5. The maximum atomic E-state index is 13.8. The van der Waals surface area contributed by atoms with E-state index in [1.54, 1.807) is 6.07 Å². The highest BCUT2D eigenvalue weighted by atomic mass is 79.9. The Bertz CT molecular complexity index is 665.